The van der Waals surface area contributed by atoms with E-state index in [9.17, 15) is 18.3 Å². The predicted octanol–water partition coefficient (Wildman–Crippen LogP) is 2.95. The fraction of sp³-hybridized carbons (Fsp3) is 0.278. The van der Waals surface area contributed by atoms with Crippen molar-refractivity contribution >= 4 is 15.8 Å². The molecule has 2 rings (SSSR count). The summed E-state index contributed by atoms with van der Waals surface area (Å²) in [4.78, 5) is 11.2. The van der Waals surface area contributed by atoms with Gasteiger partial charge in [0.25, 0.3) is 0 Å². The van der Waals surface area contributed by atoms with Crippen molar-refractivity contribution in [3.63, 3.8) is 0 Å². The number of ether oxygens (including phenoxy) is 1. The zero-order chi connectivity index (χ0) is 18.6. The molecule has 0 amide bonds. The van der Waals surface area contributed by atoms with Crippen molar-refractivity contribution in [3.8, 4) is 11.5 Å². The SMILES string of the molecule is Cc1ccc(S(=O)(=O)CCCOc2ccc(C(=O)O)c(O)c2C)cc1. The number of rotatable bonds is 7. The fourth-order valence-corrected chi connectivity index (χ4v) is 3.59. The van der Waals surface area contributed by atoms with Gasteiger partial charge in [-0.15, -0.1) is 0 Å². The molecule has 0 radical (unpaired) electrons. The van der Waals surface area contributed by atoms with E-state index in [1.165, 1.54) is 12.1 Å². The van der Waals surface area contributed by atoms with Crippen LogP contribution < -0.4 is 4.74 Å². The Morgan fingerprint density at radius 1 is 1.08 bits per heavy atom. The van der Waals surface area contributed by atoms with Crippen LogP contribution in [-0.2, 0) is 9.84 Å². The van der Waals surface area contributed by atoms with E-state index in [4.69, 9.17) is 9.84 Å². The van der Waals surface area contributed by atoms with Gasteiger partial charge in [0.15, 0.2) is 9.84 Å². The molecule has 0 aliphatic rings. The molecule has 2 aromatic carbocycles. The third kappa shape index (κ3) is 4.51. The molecule has 0 heterocycles. The summed E-state index contributed by atoms with van der Waals surface area (Å²) in [5.41, 5.74) is 1.09. The Kier molecular flexibility index (Phi) is 5.69. The summed E-state index contributed by atoms with van der Waals surface area (Å²) >= 11 is 0. The summed E-state index contributed by atoms with van der Waals surface area (Å²) in [6, 6.07) is 9.37. The monoisotopic (exact) mass is 364 g/mol. The Morgan fingerprint density at radius 2 is 1.72 bits per heavy atom. The lowest BCUT2D eigenvalue weighted by Crippen LogP contribution is -2.11. The molecule has 0 atom stereocenters. The van der Waals surface area contributed by atoms with Gasteiger partial charge in [0.05, 0.1) is 17.3 Å². The van der Waals surface area contributed by atoms with Crippen LogP contribution in [0.4, 0.5) is 0 Å². The number of sulfone groups is 1. The summed E-state index contributed by atoms with van der Waals surface area (Å²) in [5.74, 6) is -1.31. The number of carboxylic acid groups (broad SMARTS) is 1. The standard InChI is InChI=1S/C18H20O6S/c1-12-4-6-14(7-5-12)25(22,23)11-3-10-24-16-9-8-15(18(20)21)17(19)13(16)2/h4-9,19H,3,10-11H2,1-2H3,(H,20,21). The van der Waals surface area contributed by atoms with Gasteiger partial charge in [-0.1, -0.05) is 17.7 Å². The largest absolute Gasteiger partial charge is 0.507 e. The van der Waals surface area contributed by atoms with Crippen LogP contribution in [0.15, 0.2) is 41.3 Å². The maximum absolute atomic E-state index is 12.2. The molecule has 25 heavy (non-hydrogen) atoms. The van der Waals surface area contributed by atoms with Gasteiger partial charge < -0.3 is 14.9 Å². The highest BCUT2D eigenvalue weighted by Gasteiger charge is 2.16. The first-order valence-electron chi connectivity index (χ1n) is 7.70. The van der Waals surface area contributed by atoms with Gasteiger partial charge in [0, 0.05) is 5.56 Å². The Balaban J connectivity index is 1.96. The molecule has 7 heteroatoms. The average molecular weight is 364 g/mol. The number of carbonyl (C=O) groups is 1. The minimum absolute atomic E-state index is 0.0612. The van der Waals surface area contributed by atoms with Crippen LogP contribution in [0.3, 0.4) is 0 Å². The number of hydrogen-bond acceptors (Lipinski definition) is 5. The number of aromatic hydroxyl groups is 1. The fourth-order valence-electron chi connectivity index (χ4n) is 2.31. The van der Waals surface area contributed by atoms with E-state index in [1.54, 1.807) is 31.2 Å². The third-order valence-electron chi connectivity index (χ3n) is 3.81. The minimum atomic E-state index is -3.37. The molecule has 134 valence electrons. The Morgan fingerprint density at radius 3 is 2.32 bits per heavy atom. The van der Waals surface area contributed by atoms with Gasteiger partial charge in [-0.05, 0) is 44.5 Å². The lowest BCUT2D eigenvalue weighted by atomic mass is 10.1. The van der Waals surface area contributed by atoms with E-state index in [-0.39, 0.29) is 35.0 Å². The molecule has 0 spiro atoms. The van der Waals surface area contributed by atoms with Crippen molar-refractivity contribution in [1.82, 2.24) is 0 Å². The number of hydrogen-bond donors (Lipinski definition) is 2. The first kappa shape index (κ1) is 18.8. The highest BCUT2D eigenvalue weighted by Crippen LogP contribution is 2.30. The molecule has 0 aliphatic carbocycles. The van der Waals surface area contributed by atoms with Crippen molar-refractivity contribution in [2.45, 2.75) is 25.2 Å². The average Bonchev–Trinajstić information content (AvgIpc) is 2.55. The normalized spacial score (nSPS) is 11.3. The van der Waals surface area contributed by atoms with Crippen LogP contribution in [0.2, 0.25) is 0 Å². The smallest absolute Gasteiger partial charge is 0.339 e. The van der Waals surface area contributed by atoms with E-state index < -0.39 is 15.8 Å². The van der Waals surface area contributed by atoms with Crippen LogP contribution in [0, 0.1) is 13.8 Å². The maximum Gasteiger partial charge on any atom is 0.339 e. The second-order valence-corrected chi connectivity index (χ2v) is 7.83. The summed E-state index contributed by atoms with van der Waals surface area (Å²) in [7, 11) is -3.37. The van der Waals surface area contributed by atoms with Crippen molar-refractivity contribution in [2.75, 3.05) is 12.4 Å². The van der Waals surface area contributed by atoms with Crippen LogP contribution >= 0.6 is 0 Å². The van der Waals surface area contributed by atoms with E-state index in [0.717, 1.165) is 5.56 Å². The highest BCUT2D eigenvalue weighted by molar-refractivity contribution is 7.91. The molecule has 0 unspecified atom stereocenters. The molecule has 2 aromatic rings. The molecule has 0 aromatic heterocycles. The molecule has 0 saturated heterocycles. The topological polar surface area (TPSA) is 101 Å². The summed E-state index contributed by atoms with van der Waals surface area (Å²) in [5, 5.41) is 18.8. The number of phenols is 1. The minimum Gasteiger partial charge on any atom is -0.507 e. The number of aryl methyl sites for hydroxylation is 1. The second-order valence-electron chi connectivity index (χ2n) is 5.72. The zero-order valence-electron chi connectivity index (χ0n) is 14.0. The molecular weight excluding hydrogens is 344 g/mol. The van der Waals surface area contributed by atoms with Gasteiger partial charge in [-0.2, -0.15) is 0 Å². The van der Waals surface area contributed by atoms with E-state index in [2.05, 4.69) is 0 Å². The Hall–Kier alpha value is -2.54. The Labute approximate surface area is 146 Å². The van der Waals surface area contributed by atoms with Crippen molar-refractivity contribution in [3.05, 3.63) is 53.1 Å². The molecule has 2 N–H and O–H groups in total. The Bertz CT molecular complexity index is 869. The first-order valence-corrected chi connectivity index (χ1v) is 9.35. The van der Waals surface area contributed by atoms with E-state index in [1.807, 2.05) is 6.92 Å². The van der Waals surface area contributed by atoms with E-state index >= 15 is 0 Å². The summed E-state index contributed by atoms with van der Waals surface area (Å²) in [6.45, 7) is 3.57. The van der Waals surface area contributed by atoms with Crippen LogP contribution in [0.5, 0.6) is 11.5 Å². The van der Waals surface area contributed by atoms with Gasteiger partial charge in [-0.25, -0.2) is 13.2 Å². The molecule has 0 bridgehead atoms. The lowest BCUT2D eigenvalue weighted by molar-refractivity contribution is 0.0693. The quantitative estimate of drug-likeness (QED) is 0.733. The highest BCUT2D eigenvalue weighted by atomic mass is 32.2. The molecular formula is C18H20O6S. The zero-order valence-corrected chi connectivity index (χ0v) is 14.8. The number of aromatic carboxylic acids is 1. The molecule has 6 nitrogen and oxygen atoms in total. The number of benzene rings is 2. The first-order chi connectivity index (χ1) is 11.7. The van der Waals surface area contributed by atoms with Gasteiger partial charge >= 0.3 is 5.97 Å². The molecule has 0 saturated carbocycles. The maximum atomic E-state index is 12.2. The van der Waals surface area contributed by atoms with Crippen molar-refractivity contribution in [1.29, 1.82) is 0 Å². The van der Waals surface area contributed by atoms with Gasteiger partial charge in [0.1, 0.15) is 17.1 Å². The van der Waals surface area contributed by atoms with Crippen molar-refractivity contribution in [2.24, 2.45) is 0 Å². The second kappa shape index (κ2) is 7.57. The summed E-state index contributed by atoms with van der Waals surface area (Å²) in [6.07, 6.45) is 0.275. The lowest BCUT2D eigenvalue weighted by Gasteiger charge is -2.12. The van der Waals surface area contributed by atoms with Crippen LogP contribution in [0.1, 0.15) is 27.9 Å². The molecule has 0 fully saturated rings. The van der Waals surface area contributed by atoms with Crippen molar-refractivity contribution < 1.29 is 28.2 Å². The number of carboxylic acids is 1. The van der Waals surface area contributed by atoms with Gasteiger partial charge in [0.2, 0.25) is 0 Å². The van der Waals surface area contributed by atoms with E-state index in [0.29, 0.717) is 11.3 Å². The van der Waals surface area contributed by atoms with Crippen LogP contribution in [-0.4, -0.2) is 37.0 Å². The van der Waals surface area contributed by atoms with Gasteiger partial charge in [-0.3, -0.25) is 0 Å². The van der Waals surface area contributed by atoms with Crippen LogP contribution in [0.25, 0.3) is 0 Å². The third-order valence-corrected chi connectivity index (χ3v) is 5.62. The molecule has 0 aliphatic heterocycles. The summed E-state index contributed by atoms with van der Waals surface area (Å²) < 4.78 is 30.0. The predicted molar refractivity (Wildman–Crippen MR) is 93.1 cm³/mol.